The first-order chi connectivity index (χ1) is 7.80. The lowest BCUT2D eigenvalue weighted by Gasteiger charge is -2.40. The highest BCUT2D eigenvalue weighted by Crippen LogP contribution is 2.35. The van der Waals surface area contributed by atoms with Crippen molar-refractivity contribution in [1.29, 1.82) is 0 Å². The van der Waals surface area contributed by atoms with E-state index in [1.54, 1.807) is 12.4 Å². The van der Waals surface area contributed by atoms with Crippen molar-refractivity contribution in [1.82, 2.24) is 4.98 Å². The van der Waals surface area contributed by atoms with E-state index in [4.69, 9.17) is 4.74 Å². The molecule has 2 aliphatic heterocycles. The third kappa shape index (κ3) is 1.36. The van der Waals surface area contributed by atoms with E-state index in [1.165, 1.54) is 0 Å². The Kier molecular flexibility index (Phi) is 2.07. The van der Waals surface area contributed by atoms with Crippen LogP contribution in [0.15, 0.2) is 18.5 Å². The SMILES string of the molecule is O=C1Nc2cnccc2NC12CCOCC2. The van der Waals surface area contributed by atoms with Crippen LogP contribution >= 0.6 is 0 Å². The molecule has 3 heterocycles. The maximum atomic E-state index is 12.1. The Labute approximate surface area is 93.2 Å². The van der Waals surface area contributed by atoms with Gasteiger partial charge in [-0.05, 0) is 6.07 Å². The fraction of sp³-hybridized carbons (Fsp3) is 0.455. The smallest absolute Gasteiger partial charge is 0.250 e. The molecule has 0 atom stereocenters. The molecule has 0 unspecified atom stereocenters. The van der Waals surface area contributed by atoms with Gasteiger partial charge < -0.3 is 15.4 Å². The predicted octanol–water partition coefficient (Wildman–Crippen LogP) is 0.995. The molecule has 2 aliphatic rings. The van der Waals surface area contributed by atoms with Gasteiger partial charge in [0, 0.05) is 32.3 Å². The summed E-state index contributed by atoms with van der Waals surface area (Å²) in [5.41, 5.74) is 1.20. The fourth-order valence-electron chi connectivity index (χ4n) is 2.23. The molecule has 2 N–H and O–H groups in total. The van der Waals surface area contributed by atoms with Crippen molar-refractivity contribution >= 4 is 17.3 Å². The molecule has 1 aromatic rings. The number of amides is 1. The van der Waals surface area contributed by atoms with Gasteiger partial charge in [-0.1, -0.05) is 0 Å². The van der Waals surface area contributed by atoms with Gasteiger partial charge in [0.2, 0.25) is 5.91 Å². The summed E-state index contributed by atoms with van der Waals surface area (Å²) >= 11 is 0. The van der Waals surface area contributed by atoms with Gasteiger partial charge in [0.1, 0.15) is 5.54 Å². The Balaban J connectivity index is 1.97. The van der Waals surface area contributed by atoms with E-state index in [-0.39, 0.29) is 5.91 Å². The zero-order valence-electron chi connectivity index (χ0n) is 8.82. The lowest BCUT2D eigenvalue weighted by atomic mass is 9.87. The van der Waals surface area contributed by atoms with E-state index in [2.05, 4.69) is 15.6 Å². The van der Waals surface area contributed by atoms with Crippen LogP contribution in [0.4, 0.5) is 11.4 Å². The van der Waals surface area contributed by atoms with Crippen LogP contribution in [0.3, 0.4) is 0 Å². The molecule has 84 valence electrons. The van der Waals surface area contributed by atoms with Crippen LogP contribution in [0.5, 0.6) is 0 Å². The summed E-state index contributed by atoms with van der Waals surface area (Å²) in [7, 11) is 0. The lowest BCUT2D eigenvalue weighted by Crippen LogP contribution is -2.55. The summed E-state index contributed by atoms with van der Waals surface area (Å²) in [5.74, 6) is 0.0244. The van der Waals surface area contributed by atoms with Crippen LogP contribution in [0.25, 0.3) is 0 Å². The van der Waals surface area contributed by atoms with Gasteiger partial charge in [-0.25, -0.2) is 0 Å². The zero-order chi connectivity index (χ0) is 11.0. The second-order valence-electron chi connectivity index (χ2n) is 4.19. The average Bonchev–Trinajstić information content (AvgIpc) is 2.32. The minimum absolute atomic E-state index is 0.0244. The van der Waals surface area contributed by atoms with Crippen molar-refractivity contribution in [3.8, 4) is 0 Å². The van der Waals surface area contributed by atoms with E-state index >= 15 is 0 Å². The topological polar surface area (TPSA) is 63.2 Å². The number of nitrogens with one attached hydrogen (secondary N) is 2. The van der Waals surface area contributed by atoms with Crippen molar-refractivity contribution in [2.45, 2.75) is 18.4 Å². The van der Waals surface area contributed by atoms with Crippen molar-refractivity contribution in [3.63, 3.8) is 0 Å². The molecule has 5 heteroatoms. The van der Waals surface area contributed by atoms with Crippen LogP contribution in [0.2, 0.25) is 0 Å². The van der Waals surface area contributed by atoms with E-state index in [9.17, 15) is 4.79 Å². The molecule has 1 amide bonds. The van der Waals surface area contributed by atoms with Gasteiger partial charge in [-0.2, -0.15) is 0 Å². The number of pyridine rings is 1. The molecule has 0 bridgehead atoms. The fourth-order valence-corrected chi connectivity index (χ4v) is 2.23. The molecule has 3 rings (SSSR count). The number of carbonyl (C=O) groups excluding carboxylic acids is 1. The zero-order valence-corrected chi connectivity index (χ0v) is 8.82. The van der Waals surface area contributed by atoms with Crippen LogP contribution < -0.4 is 10.6 Å². The summed E-state index contributed by atoms with van der Waals surface area (Å²) in [4.78, 5) is 16.1. The van der Waals surface area contributed by atoms with Crippen molar-refractivity contribution in [2.24, 2.45) is 0 Å². The quantitative estimate of drug-likeness (QED) is 0.683. The van der Waals surface area contributed by atoms with Gasteiger partial charge in [-0.3, -0.25) is 9.78 Å². The molecule has 5 nitrogen and oxygen atoms in total. The van der Waals surface area contributed by atoms with Crippen LogP contribution in [0.1, 0.15) is 12.8 Å². The number of nitrogens with zero attached hydrogens (tertiary/aromatic N) is 1. The normalized spacial score (nSPS) is 22.1. The minimum Gasteiger partial charge on any atom is -0.381 e. The third-order valence-electron chi connectivity index (χ3n) is 3.22. The number of hydrogen-bond acceptors (Lipinski definition) is 4. The molecular weight excluding hydrogens is 206 g/mol. The number of ether oxygens (including phenoxy) is 1. The maximum Gasteiger partial charge on any atom is 0.250 e. The van der Waals surface area contributed by atoms with E-state index in [1.807, 2.05) is 6.07 Å². The molecule has 1 saturated heterocycles. The monoisotopic (exact) mass is 219 g/mol. The van der Waals surface area contributed by atoms with E-state index in [0.717, 1.165) is 11.4 Å². The molecule has 1 fully saturated rings. The number of anilines is 2. The number of carbonyl (C=O) groups is 1. The van der Waals surface area contributed by atoms with Gasteiger partial charge in [0.15, 0.2) is 0 Å². The molecular formula is C11H13N3O2. The first-order valence-electron chi connectivity index (χ1n) is 5.42. The summed E-state index contributed by atoms with van der Waals surface area (Å²) < 4.78 is 5.30. The molecule has 0 radical (unpaired) electrons. The molecule has 16 heavy (non-hydrogen) atoms. The van der Waals surface area contributed by atoms with Crippen LogP contribution in [-0.2, 0) is 9.53 Å². The van der Waals surface area contributed by atoms with E-state index in [0.29, 0.717) is 26.1 Å². The molecule has 0 saturated carbocycles. The van der Waals surface area contributed by atoms with Gasteiger partial charge in [0.05, 0.1) is 17.6 Å². The summed E-state index contributed by atoms with van der Waals surface area (Å²) in [5, 5.41) is 6.23. The maximum absolute atomic E-state index is 12.1. The minimum atomic E-state index is -0.493. The molecule has 1 spiro atoms. The van der Waals surface area contributed by atoms with Gasteiger partial charge >= 0.3 is 0 Å². The predicted molar refractivity (Wildman–Crippen MR) is 59.3 cm³/mol. The second kappa shape index (κ2) is 3.45. The summed E-state index contributed by atoms with van der Waals surface area (Å²) in [6, 6.07) is 1.88. The lowest BCUT2D eigenvalue weighted by molar-refractivity contribution is -0.123. The highest BCUT2D eigenvalue weighted by molar-refractivity contribution is 6.05. The molecule has 1 aromatic heterocycles. The first-order valence-corrected chi connectivity index (χ1v) is 5.42. The largest absolute Gasteiger partial charge is 0.381 e. The second-order valence-corrected chi connectivity index (χ2v) is 4.19. The van der Waals surface area contributed by atoms with Crippen LogP contribution in [-0.4, -0.2) is 29.6 Å². The summed E-state index contributed by atoms with van der Waals surface area (Å²) in [6.45, 7) is 1.25. The van der Waals surface area contributed by atoms with Gasteiger partial charge in [0.25, 0.3) is 0 Å². The Morgan fingerprint density at radius 1 is 1.31 bits per heavy atom. The standard InChI is InChI=1S/C11H13N3O2/c15-10-11(2-5-16-6-3-11)14-8-1-4-12-7-9(8)13-10/h1,4,7,14H,2-3,5-6H2,(H,13,15). The highest BCUT2D eigenvalue weighted by Gasteiger charge is 2.43. The average molecular weight is 219 g/mol. The Bertz CT molecular complexity index is 427. The third-order valence-corrected chi connectivity index (χ3v) is 3.22. The van der Waals surface area contributed by atoms with Crippen molar-refractivity contribution in [2.75, 3.05) is 23.8 Å². The summed E-state index contributed by atoms with van der Waals surface area (Å²) in [6.07, 6.45) is 4.80. The van der Waals surface area contributed by atoms with Crippen LogP contribution in [0, 0.1) is 0 Å². The number of fused-ring (bicyclic) bond motifs is 1. The number of aromatic nitrogens is 1. The number of rotatable bonds is 0. The van der Waals surface area contributed by atoms with Crippen molar-refractivity contribution in [3.05, 3.63) is 18.5 Å². The van der Waals surface area contributed by atoms with E-state index < -0.39 is 5.54 Å². The van der Waals surface area contributed by atoms with Crippen molar-refractivity contribution < 1.29 is 9.53 Å². The Hall–Kier alpha value is -1.62. The molecule has 0 aliphatic carbocycles. The van der Waals surface area contributed by atoms with Gasteiger partial charge in [-0.15, -0.1) is 0 Å². The highest BCUT2D eigenvalue weighted by atomic mass is 16.5. The molecule has 0 aromatic carbocycles. The Morgan fingerprint density at radius 2 is 2.12 bits per heavy atom. The number of hydrogen-bond donors (Lipinski definition) is 2. The first kappa shape index (κ1) is 9.59. The Morgan fingerprint density at radius 3 is 2.94 bits per heavy atom.